The van der Waals surface area contributed by atoms with E-state index in [0.717, 1.165) is 6.42 Å². The number of benzene rings is 1. The van der Waals surface area contributed by atoms with Crippen LogP contribution in [0.1, 0.15) is 24.9 Å². The molecule has 0 heterocycles. The third-order valence-electron chi connectivity index (χ3n) is 2.22. The van der Waals surface area contributed by atoms with E-state index in [-0.39, 0.29) is 11.9 Å². The van der Waals surface area contributed by atoms with E-state index in [9.17, 15) is 4.39 Å². The molecule has 0 bridgehead atoms. The van der Waals surface area contributed by atoms with Gasteiger partial charge in [0.25, 0.3) is 0 Å². The zero-order valence-corrected chi connectivity index (χ0v) is 9.70. The van der Waals surface area contributed by atoms with Gasteiger partial charge in [-0.3, -0.25) is 0 Å². The van der Waals surface area contributed by atoms with E-state index in [0.29, 0.717) is 24.5 Å². The van der Waals surface area contributed by atoms with Crippen molar-refractivity contribution in [2.45, 2.75) is 19.4 Å². The number of ether oxygens (including phenoxy) is 2. The first kappa shape index (κ1) is 12.9. The average Bonchev–Trinajstić information content (AvgIpc) is 2.24. The Morgan fingerprint density at radius 1 is 1.38 bits per heavy atom. The topological polar surface area (TPSA) is 44.5 Å². The monoisotopic (exact) mass is 227 g/mol. The van der Waals surface area contributed by atoms with Crippen molar-refractivity contribution >= 4 is 0 Å². The van der Waals surface area contributed by atoms with Gasteiger partial charge >= 0.3 is 0 Å². The smallest absolute Gasteiger partial charge is 0.131 e. The summed E-state index contributed by atoms with van der Waals surface area (Å²) in [6, 6.07) is 4.36. The summed E-state index contributed by atoms with van der Waals surface area (Å²) in [4.78, 5) is 0. The minimum absolute atomic E-state index is 0.320. The van der Waals surface area contributed by atoms with Crippen LogP contribution in [0.25, 0.3) is 0 Å². The zero-order valence-electron chi connectivity index (χ0n) is 9.70. The highest BCUT2D eigenvalue weighted by molar-refractivity contribution is 5.36. The molecule has 3 nitrogen and oxygen atoms in total. The predicted octanol–water partition coefficient (Wildman–Crippen LogP) is 2.26. The number of hydrogen-bond acceptors (Lipinski definition) is 3. The van der Waals surface area contributed by atoms with Gasteiger partial charge in [0.2, 0.25) is 0 Å². The third-order valence-corrected chi connectivity index (χ3v) is 2.22. The molecule has 0 aromatic heterocycles. The van der Waals surface area contributed by atoms with Gasteiger partial charge in [0.05, 0.1) is 6.61 Å². The number of hydrogen-bond donors (Lipinski definition) is 1. The van der Waals surface area contributed by atoms with Crippen LogP contribution < -0.4 is 10.5 Å². The molecule has 1 aromatic carbocycles. The van der Waals surface area contributed by atoms with Crippen LogP contribution in [0.2, 0.25) is 0 Å². The molecule has 0 amide bonds. The largest absolute Gasteiger partial charge is 0.493 e. The SMILES string of the molecule is COCCCOc1cccc(F)c1[C@H](C)N. The van der Waals surface area contributed by atoms with Crippen LogP contribution in [0.5, 0.6) is 5.75 Å². The summed E-state index contributed by atoms with van der Waals surface area (Å²) >= 11 is 0. The van der Waals surface area contributed by atoms with Gasteiger partial charge in [-0.1, -0.05) is 6.07 Å². The fourth-order valence-corrected chi connectivity index (χ4v) is 1.47. The first-order valence-electron chi connectivity index (χ1n) is 5.32. The molecule has 0 aliphatic carbocycles. The van der Waals surface area contributed by atoms with Gasteiger partial charge in [-0.05, 0) is 19.1 Å². The van der Waals surface area contributed by atoms with Crippen molar-refractivity contribution in [1.82, 2.24) is 0 Å². The molecule has 0 saturated heterocycles. The van der Waals surface area contributed by atoms with E-state index in [1.54, 1.807) is 26.2 Å². The minimum atomic E-state index is -0.376. The quantitative estimate of drug-likeness (QED) is 0.758. The molecule has 0 unspecified atom stereocenters. The van der Waals surface area contributed by atoms with Crippen LogP contribution in [0.4, 0.5) is 4.39 Å². The second-order valence-corrected chi connectivity index (χ2v) is 3.64. The van der Waals surface area contributed by atoms with Gasteiger partial charge in [-0.25, -0.2) is 4.39 Å². The molecular weight excluding hydrogens is 209 g/mol. The van der Waals surface area contributed by atoms with Crippen LogP contribution in [0.15, 0.2) is 18.2 Å². The van der Waals surface area contributed by atoms with Gasteiger partial charge in [-0.2, -0.15) is 0 Å². The summed E-state index contributed by atoms with van der Waals surface area (Å²) < 4.78 is 23.9. The summed E-state index contributed by atoms with van der Waals surface area (Å²) in [7, 11) is 1.63. The van der Waals surface area contributed by atoms with Crippen LogP contribution >= 0.6 is 0 Å². The summed E-state index contributed by atoms with van der Waals surface area (Å²) in [5.41, 5.74) is 6.13. The van der Waals surface area contributed by atoms with Gasteiger partial charge < -0.3 is 15.2 Å². The molecule has 16 heavy (non-hydrogen) atoms. The number of nitrogens with two attached hydrogens (primary N) is 1. The van der Waals surface area contributed by atoms with Gasteiger partial charge in [-0.15, -0.1) is 0 Å². The molecule has 1 aromatic rings. The van der Waals surface area contributed by atoms with Crippen LogP contribution in [-0.2, 0) is 4.74 Å². The van der Waals surface area contributed by atoms with Gasteiger partial charge in [0.1, 0.15) is 11.6 Å². The maximum Gasteiger partial charge on any atom is 0.131 e. The average molecular weight is 227 g/mol. The Balaban J connectivity index is 2.67. The van der Waals surface area contributed by atoms with Crippen LogP contribution in [0.3, 0.4) is 0 Å². The molecule has 0 radical (unpaired) electrons. The van der Waals surface area contributed by atoms with Crippen molar-refractivity contribution in [3.8, 4) is 5.75 Å². The molecule has 4 heteroatoms. The normalized spacial score (nSPS) is 12.5. The maximum absolute atomic E-state index is 13.5. The predicted molar refractivity (Wildman–Crippen MR) is 61.0 cm³/mol. The third kappa shape index (κ3) is 3.47. The molecule has 1 atom stereocenters. The van der Waals surface area contributed by atoms with E-state index in [1.807, 2.05) is 0 Å². The Morgan fingerprint density at radius 3 is 2.75 bits per heavy atom. The second-order valence-electron chi connectivity index (χ2n) is 3.64. The molecular formula is C12H18FNO2. The Hall–Kier alpha value is -1.13. The minimum Gasteiger partial charge on any atom is -0.493 e. The van der Waals surface area contributed by atoms with Crippen LogP contribution in [-0.4, -0.2) is 20.3 Å². The lowest BCUT2D eigenvalue weighted by Crippen LogP contribution is -2.11. The Morgan fingerprint density at radius 2 is 2.12 bits per heavy atom. The lowest BCUT2D eigenvalue weighted by Gasteiger charge is -2.14. The number of rotatable bonds is 6. The van der Waals surface area contributed by atoms with Crippen molar-refractivity contribution in [3.63, 3.8) is 0 Å². The highest BCUT2D eigenvalue weighted by atomic mass is 19.1. The van der Waals surface area contributed by atoms with Crippen molar-refractivity contribution in [2.24, 2.45) is 5.73 Å². The van der Waals surface area contributed by atoms with E-state index >= 15 is 0 Å². The van der Waals surface area contributed by atoms with Crippen molar-refractivity contribution in [3.05, 3.63) is 29.6 Å². The number of halogens is 1. The molecule has 0 saturated carbocycles. The van der Waals surface area contributed by atoms with E-state index < -0.39 is 0 Å². The van der Waals surface area contributed by atoms with Crippen molar-refractivity contribution < 1.29 is 13.9 Å². The Bertz CT molecular complexity index is 329. The lowest BCUT2D eigenvalue weighted by atomic mass is 10.1. The summed E-state index contributed by atoms with van der Waals surface area (Å²) in [5, 5.41) is 0. The first-order valence-corrected chi connectivity index (χ1v) is 5.32. The van der Waals surface area contributed by atoms with Crippen molar-refractivity contribution in [2.75, 3.05) is 20.3 Å². The molecule has 0 aliphatic heterocycles. The fourth-order valence-electron chi connectivity index (χ4n) is 1.47. The van der Waals surface area contributed by atoms with Crippen molar-refractivity contribution in [1.29, 1.82) is 0 Å². The first-order chi connectivity index (χ1) is 7.66. The highest BCUT2D eigenvalue weighted by Gasteiger charge is 2.13. The molecule has 0 fully saturated rings. The van der Waals surface area contributed by atoms with E-state index in [1.165, 1.54) is 6.07 Å². The van der Waals surface area contributed by atoms with Gasteiger partial charge in [0.15, 0.2) is 0 Å². The second kappa shape index (κ2) is 6.45. The maximum atomic E-state index is 13.5. The Labute approximate surface area is 95.4 Å². The lowest BCUT2D eigenvalue weighted by molar-refractivity contribution is 0.171. The van der Waals surface area contributed by atoms with E-state index in [4.69, 9.17) is 15.2 Å². The molecule has 90 valence electrons. The molecule has 2 N–H and O–H groups in total. The Kier molecular flexibility index (Phi) is 5.22. The molecule has 0 spiro atoms. The molecule has 1 rings (SSSR count). The fraction of sp³-hybridized carbons (Fsp3) is 0.500. The van der Waals surface area contributed by atoms with E-state index in [2.05, 4.69) is 0 Å². The molecule has 0 aliphatic rings. The van der Waals surface area contributed by atoms with Crippen LogP contribution in [0, 0.1) is 5.82 Å². The summed E-state index contributed by atoms with van der Waals surface area (Å²) in [5.74, 6) is 0.199. The summed E-state index contributed by atoms with van der Waals surface area (Å²) in [6.45, 7) is 2.86. The zero-order chi connectivity index (χ0) is 12.0. The number of methoxy groups -OCH3 is 1. The highest BCUT2D eigenvalue weighted by Crippen LogP contribution is 2.26. The van der Waals surface area contributed by atoms with Gasteiger partial charge in [0, 0.05) is 31.7 Å². The standard InChI is InChI=1S/C12H18FNO2/c1-9(14)12-10(13)5-3-6-11(12)16-8-4-7-15-2/h3,5-6,9H,4,7-8,14H2,1-2H3/t9-/m0/s1. The summed E-state index contributed by atoms with van der Waals surface area (Å²) in [6.07, 6.45) is 0.769.